The molecule has 4 rings (SSSR count). The number of carboxylic acid groups (broad SMARTS) is 1. The summed E-state index contributed by atoms with van der Waals surface area (Å²) in [6.45, 7) is 2.31. The number of nitrogens with zero attached hydrogens (tertiary/aromatic N) is 4. The predicted octanol–water partition coefficient (Wildman–Crippen LogP) is 2.22. The van der Waals surface area contributed by atoms with Crippen LogP contribution < -0.4 is 9.80 Å². The van der Waals surface area contributed by atoms with Crippen LogP contribution in [0.1, 0.15) is 19.8 Å². The molecule has 2 amide bonds. The first-order valence-electron chi connectivity index (χ1n) is 9.82. The standard InChI is InChI=1S/C20H24N4O5S/c1-13-11-23(20(26)27)18-9-15(5-6-17(18)24(13)19(25)14-3-4-14)16-10-21-22(12-16)7-8-30(2,28)29/h5-6,9-10,12-14H,3-4,7-8,11H2,1-2H3,(H,26,27)/t13-/m0/s1. The third kappa shape index (κ3) is 4.04. The molecule has 2 aromatic rings. The highest BCUT2D eigenvalue weighted by Crippen LogP contribution is 2.42. The summed E-state index contributed by atoms with van der Waals surface area (Å²) in [5.74, 6) is 0.0703. The van der Waals surface area contributed by atoms with Crippen LogP contribution in [0.25, 0.3) is 11.1 Å². The van der Waals surface area contributed by atoms with Gasteiger partial charge in [0.15, 0.2) is 0 Å². The number of aryl methyl sites for hydroxylation is 1. The summed E-state index contributed by atoms with van der Waals surface area (Å²) in [4.78, 5) is 27.7. The van der Waals surface area contributed by atoms with E-state index in [1.165, 1.54) is 11.2 Å². The van der Waals surface area contributed by atoms with Crippen molar-refractivity contribution < 1.29 is 23.1 Å². The van der Waals surface area contributed by atoms with Crippen molar-refractivity contribution in [2.24, 2.45) is 5.92 Å². The summed E-state index contributed by atoms with van der Waals surface area (Å²) in [6.07, 6.45) is 5.22. The number of sulfone groups is 1. The first-order valence-corrected chi connectivity index (χ1v) is 11.9. The lowest BCUT2D eigenvalue weighted by molar-refractivity contribution is -0.120. The monoisotopic (exact) mass is 432 g/mol. The van der Waals surface area contributed by atoms with E-state index in [9.17, 15) is 23.1 Å². The maximum Gasteiger partial charge on any atom is 0.411 e. The molecule has 1 fully saturated rings. The van der Waals surface area contributed by atoms with Crippen molar-refractivity contribution in [1.29, 1.82) is 0 Å². The second kappa shape index (κ2) is 7.42. The number of rotatable bonds is 5. The van der Waals surface area contributed by atoms with Gasteiger partial charge in [-0.15, -0.1) is 0 Å². The number of aromatic nitrogens is 2. The molecule has 0 bridgehead atoms. The third-order valence-electron chi connectivity index (χ3n) is 5.47. The van der Waals surface area contributed by atoms with Crippen LogP contribution >= 0.6 is 0 Å². The Labute approximate surface area is 174 Å². The van der Waals surface area contributed by atoms with Gasteiger partial charge in [-0.1, -0.05) is 6.07 Å². The fourth-order valence-corrected chi connectivity index (χ4v) is 4.26. The van der Waals surface area contributed by atoms with Crippen molar-refractivity contribution in [2.45, 2.75) is 32.4 Å². The molecule has 0 radical (unpaired) electrons. The number of carbonyl (C=O) groups is 2. The van der Waals surface area contributed by atoms with Crippen molar-refractivity contribution >= 4 is 33.2 Å². The number of hydrogen-bond acceptors (Lipinski definition) is 5. The molecule has 1 aliphatic carbocycles. The van der Waals surface area contributed by atoms with E-state index >= 15 is 0 Å². The molecule has 2 heterocycles. The zero-order valence-corrected chi connectivity index (χ0v) is 17.7. The van der Waals surface area contributed by atoms with E-state index in [0.29, 0.717) is 11.4 Å². The lowest BCUT2D eigenvalue weighted by atomic mass is 10.0. The largest absolute Gasteiger partial charge is 0.465 e. The molecule has 1 aliphatic heterocycles. The Morgan fingerprint density at radius 3 is 2.57 bits per heavy atom. The molecule has 0 unspecified atom stereocenters. The van der Waals surface area contributed by atoms with E-state index in [4.69, 9.17) is 0 Å². The normalized spacial score (nSPS) is 18.9. The third-order valence-corrected chi connectivity index (χ3v) is 6.39. The molecular formula is C20H24N4O5S. The molecule has 1 aromatic heterocycles. The van der Waals surface area contributed by atoms with Crippen LogP contribution in [0, 0.1) is 5.92 Å². The lowest BCUT2D eigenvalue weighted by Crippen LogP contribution is -2.52. The molecular weight excluding hydrogens is 408 g/mol. The van der Waals surface area contributed by atoms with Gasteiger partial charge in [0, 0.05) is 30.5 Å². The summed E-state index contributed by atoms with van der Waals surface area (Å²) in [5, 5.41) is 13.9. The summed E-state index contributed by atoms with van der Waals surface area (Å²) in [7, 11) is -3.10. The van der Waals surface area contributed by atoms with Gasteiger partial charge in [0.2, 0.25) is 5.91 Å². The minimum atomic E-state index is -3.10. The fraction of sp³-hybridized carbons (Fsp3) is 0.450. The molecule has 1 atom stereocenters. The van der Waals surface area contributed by atoms with Crippen LogP contribution in [0.3, 0.4) is 0 Å². The van der Waals surface area contributed by atoms with Crippen molar-refractivity contribution in [3.05, 3.63) is 30.6 Å². The van der Waals surface area contributed by atoms with E-state index in [1.54, 1.807) is 34.1 Å². The van der Waals surface area contributed by atoms with Crippen LogP contribution in [0.4, 0.5) is 16.2 Å². The van der Waals surface area contributed by atoms with Crippen molar-refractivity contribution in [3.8, 4) is 11.1 Å². The number of amides is 2. The Bertz CT molecular complexity index is 1110. The molecule has 160 valence electrons. The maximum atomic E-state index is 12.8. The van der Waals surface area contributed by atoms with Gasteiger partial charge < -0.3 is 10.0 Å². The van der Waals surface area contributed by atoms with E-state index in [2.05, 4.69) is 5.10 Å². The lowest BCUT2D eigenvalue weighted by Gasteiger charge is -2.40. The number of benzene rings is 1. The Balaban J connectivity index is 1.68. The Kier molecular flexibility index (Phi) is 5.05. The first kappa shape index (κ1) is 20.4. The Hall–Kier alpha value is -2.88. The van der Waals surface area contributed by atoms with Gasteiger partial charge in [-0.3, -0.25) is 14.4 Å². The molecule has 30 heavy (non-hydrogen) atoms. The molecule has 0 spiro atoms. The van der Waals surface area contributed by atoms with E-state index in [-0.39, 0.29) is 36.7 Å². The van der Waals surface area contributed by atoms with Gasteiger partial charge in [0.25, 0.3) is 0 Å². The molecule has 0 saturated heterocycles. The summed E-state index contributed by atoms with van der Waals surface area (Å²) >= 11 is 0. The Morgan fingerprint density at radius 2 is 1.93 bits per heavy atom. The van der Waals surface area contributed by atoms with Crippen molar-refractivity contribution in [2.75, 3.05) is 28.4 Å². The SMILES string of the molecule is C[C@H]1CN(C(=O)O)c2cc(-c3cnn(CCS(C)(=O)=O)c3)ccc2N1C(=O)C1CC1. The number of fused-ring (bicyclic) bond motifs is 1. The molecule has 9 nitrogen and oxygen atoms in total. The highest BCUT2D eigenvalue weighted by molar-refractivity contribution is 7.90. The summed E-state index contributed by atoms with van der Waals surface area (Å²) in [5.41, 5.74) is 2.56. The van der Waals surface area contributed by atoms with E-state index < -0.39 is 15.9 Å². The highest BCUT2D eigenvalue weighted by Gasteiger charge is 2.41. The molecule has 10 heteroatoms. The fourth-order valence-electron chi connectivity index (χ4n) is 3.74. The van der Waals surface area contributed by atoms with Crippen molar-refractivity contribution in [3.63, 3.8) is 0 Å². The number of carbonyl (C=O) groups excluding carboxylic acids is 1. The van der Waals surface area contributed by atoms with E-state index in [1.807, 2.05) is 13.0 Å². The van der Waals surface area contributed by atoms with Gasteiger partial charge in [-0.25, -0.2) is 13.2 Å². The molecule has 2 aliphatic rings. The zero-order valence-electron chi connectivity index (χ0n) is 16.9. The smallest absolute Gasteiger partial charge is 0.411 e. The van der Waals surface area contributed by atoms with Crippen LogP contribution in [-0.2, 0) is 21.2 Å². The van der Waals surface area contributed by atoms with Gasteiger partial charge in [0.1, 0.15) is 9.84 Å². The van der Waals surface area contributed by atoms with Crippen LogP contribution in [-0.4, -0.2) is 59.9 Å². The average Bonchev–Trinajstić information content (AvgIpc) is 3.42. The van der Waals surface area contributed by atoms with Gasteiger partial charge >= 0.3 is 6.09 Å². The minimum absolute atomic E-state index is 0.0127. The molecule has 1 saturated carbocycles. The molecule has 1 N–H and O–H groups in total. The quantitative estimate of drug-likeness (QED) is 0.775. The second-order valence-electron chi connectivity index (χ2n) is 8.05. The first-order chi connectivity index (χ1) is 14.1. The zero-order chi connectivity index (χ0) is 21.6. The number of anilines is 2. The predicted molar refractivity (Wildman–Crippen MR) is 112 cm³/mol. The maximum absolute atomic E-state index is 12.8. The second-order valence-corrected chi connectivity index (χ2v) is 10.3. The topological polar surface area (TPSA) is 113 Å². The van der Waals surface area contributed by atoms with Crippen molar-refractivity contribution in [1.82, 2.24) is 9.78 Å². The Morgan fingerprint density at radius 1 is 1.20 bits per heavy atom. The summed E-state index contributed by atoms with van der Waals surface area (Å²) in [6, 6.07) is 5.12. The average molecular weight is 433 g/mol. The van der Waals surface area contributed by atoms with Gasteiger partial charge in [0.05, 0.1) is 35.9 Å². The summed E-state index contributed by atoms with van der Waals surface area (Å²) < 4.78 is 24.3. The highest BCUT2D eigenvalue weighted by atomic mass is 32.2. The molecule has 1 aromatic carbocycles. The van der Waals surface area contributed by atoms with Gasteiger partial charge in [-0.2, -0.15) is 5.10 Å². The van der Waals surface area contributed by atoms with Crippen LogP contribution in [0.15, 0.2) is 30.6 Å². The number of hydrogen-bond donors (Lipinski definition) is 1. The van der Waals surface area contributed by atoms with Crippen LogP contribution in [0.5, 0.6) is 0 Å². The van der Waals surface area contributed by atoms with E-state index in [0.717, 1.165) is 24.0 Å². The minimum Gasteiger partial charge on any atom is -0.465 e. The van der Waals surface area contributed by atoms with Crippen LogP contribution in [0.2, 0.25) is 0 Å². The van der Waals surface area contributed by atoms with Gasteiger partial charge in [-0.05, 0) is 37.5 Å².